The van der Waals surface area contributed by atoms with E-state index < -0.39 is 29.5 Å². The molecule has 1 rings (SSSR count). The fraction of sp³-hybridized carbons (Fsp3) is 0.333. The van der Waals surface area contributed by atoms with Crippen LogP contribution in [0.5, 0.6) is 0 Å². The fourth-order valence-electron chi connectivity index (χ4n) is 1.24. The number of carboxylic acids is 1. The van der Waals surface area contributed by atoms with Gasteiger partial charge in [0.1, 0.15) is 0 Å². The van der Waals surface area contributed by atoms with Gasteiger partial charge in [-0.2, -0.15) is 13.2 Å². The summed E-state index contributed by atoms with van der Waals surface area (Å²) in [5.74, 6) is -2.19. The summed E-state index contributed by atoms with van der Waals surface area (Å²) in [6.45, 7) is 0.485. The van der Waals surface area contributed by atoms with Crippen LogP contribution in [0.25, 0.3) is 0 Å². The molecule has 0 saturated carbocycles. The van der Waals surface area contributed by atoms with E-state index >= 15 is 0 Å². The topological polar surface area (TPSA) is 86.6 Å². The molecule has 0 bridgehead atoms. The number of rotatable bonds is 5. The molecule has 0 radical (unpaired) electrons. The van der Waals surface area contributed by atoms with Crippen LogP contribution in [0, 0.1) is 0 Å². The van der Waals surface area contributed by atoms with E-state index in [1.807, 2.05) is 0 Å². The maximum atomic E-state index is 12.1. The largest absolute Gasteiger partial charge is 0.479 e. The highest BCUT2D eigenvalue weighted by molar-refractivity contribution is 8.00. The summed E-state index contributed by atoms with van der Waals surface area (Å²) in [4.78, 5) is 22.2. The van der Waals surface area contributed by atoms with Gasteiger partial charge in [-0.25, -0.2) is 4.79 Å². The van der Waals surface area contributed by atoms with Crippen molar-refractivity contribution < 1.29 is 33.0 Å². The number of thioether (sulfide) groups is 1. The number of carbonyl (C=O) groups is 2. The van der Waals surface area contributed by atoms with Crippen LogP contribution in [0.1, 0.15) is 17.3 Å². The number of aliphatic carboxylic acids is 1. The van der Waals surface area contributed by atoms with Crippen LogP contribution < -0.4 is 5.32 Å². The van der Waals surface area contributed by atoms with E-state index in [1.165, 1.54) is 12.1 Å². The van der Waals surface area contributed by atoms with Crippen LogP contribution in [-0.4, -0.2) is 39.7 Å². The number of carbonyl (C=O) groups excluding carboxylic acids is 1. The van der Waals surface area contributed by atoms with Crippen molar-refractivity contribution in [3.63, 3.8) is 0 Å². The van der Waals surface area contributed by atoms with E-state index in [2.05, 4.69) is 5.32 Å². The predicted octanol–water partition coefficient (Wildman–Crippen LogP) is 1.86. The predicted molar refractivity (Wildman–Crippen MR) is 68.9 cm³/mol. The van der Waals surface area contributed by atoms with Gasteiger partial charge in [0.05, 0.1) is 6.54 Å². The molecule has 1 aromatic rings. The number of nitrogens with one attached hydrogen (secondary N) is 1. The average Bonchev–Trinajstić information content (AvgIpc) is 2.35. The van der Waals surface area contributed by atoms with Crippen molar-refractivity contribution in [2.75, 3.05) is 6.54 Å². The number of halogens is 3. The lowest BCUT2D eigenvalue weighted by Crippen LogP contribution is -2.46. The van der Waals surface area contributed by atoms with Crippen molar-refractivity contribution in [1.82, 2.24) is 5.32 Å². The van der Waals surface area contributed by atoms with Gasteiger partial charge in [0, 0.05) is 10.5 Å². The number of benzene rings is 1. The van der Waals surface area contributed by atoms with Crippen molar-refractivity contribution in [1.29, 1.82) is 0 Å². The standard InChI is InChI=1S/C12H12F3NO4S/c1-11(20,10(18)19)6-16-9(17)7-2-4-8(5-3-7)21-12(13,14)15/h2-5,20H,6H2,1H3,(H,16,17)(H,18,19). The highest BCUT2D eigenvalue weighted by Crippen LogP contribution is 2.36. The zero-order chi connectivity index (χ0) is 16.3. The summed E-state index contributed by atoms with van der Waals surface area (Å²) in [6, 6.07) is 4.61. The summed E-state index contributed by atoms with van der Waals surface area (Å²) < 4.78 is 36.4. The lowest BCUT2D eigenvalue weighted by molar-refractivity contribution is -0.155. The van der Waals surface area contributed by atoms with Gasteiger partial charge in [0.15, 0.2) is 5.60 Å². The van der Waals surface area contributed by atoms with Gasteiger partial charge in [-0.05, 0) is 43.0 Å². The first-order chi connectivity index (χ1) is 9.51. The van der Waals surface area contributed by atoms with E-state index in [0.717, 1.165) is 19.1 Å². The second-order valence-corrected chi connectivity index (χ2v) is 5.47. The van der Waals surface area contributed by atoms with Gasteiger partial charge < -0.3 is 15.5 Å². The molecule has 0 aliphatic rings. The van der Waals surface area contributed by atoms with Gasteiger partial charge in [-0.3, -0.25) is 4.79 Å². The Hall–Kier alpha value is -1.74. The lowest BCUT2D eigenvalue weighted by Gasteiger charge is -2.18. The number of alkyl halides is 3. The van der Waals surface area contributed by atoms with Crippen molar-refractivity contribution in [3.05, 3.63) is 29.8 Å². The van der Waals surface area contributed by atoms with E-state index in [0.29, 0.717) is 0 Å². The van der Waals surface area contributed by atoms with E-state index in [9.17, 15) is 27.9 Å². The Morgan fingerprint density at radius 2 is 1.76 bits per heavy atom. The summed E-state index contributed by atoms with van der Waals surface area (Å²) in [6.07, 6.45) is 0. The molecule has 1 unspecified atom stereocenters. The molecule has 0 aliphatic heterocycles. The van der Waals surface area contributed by atoms with Crippen molar-refractivity contribution in [2.45, 2.75) is 22.9 Å². The fourth-order valence-corrected chi connectivity index (χ4v) is 1.78. The molecular weight excluding hydrogens is 311 g/mol. The molecule has 0 saturated heterocycles. The second kappa shape index (κ2) is 6.35. The molecule has 0 aromatic heterocycles. The van der Waals surface area contributed by atoms with Gasteiger partial charge >= 0.3 is 11.5 Å². The van der Waals surface area contributed by atoms with Crippen LogP contribution >= 0.6 is 11.8 Å². The van der Waals surface area contributed by atoms with Crippen LogP contribution in [-0.2, 0) is 4.79 Å². The quantitative estimate of drug-likeness (QED) is 0.720. The van der Waals surface area contributed by atoms with Crippen molar-refractivity contribution >= 4 is 23.6 Å². The van der Waals surface area contributed by atoms with E-state index in [1.54, 1.807) is 0 Å². The minimum Gasteiger partial charge on any atom is -0.479 e. The first-order valence-electron chi connectivity index (χ1n) is 5.61. The molecule has 0 fully saturated rings. The molecule has 3 N–H and O–H groups in total. The minimum absolute atomic E-state index is 0.0581. The highest BCUT2D eigenvalue weighted by Gasteiger charge is 2.31. The maximum absolute atomic E-state index is 12.1. The Balaban J connectivity index is 2.66. The third-order valence-electron chi connectivity index (χ3n) is 2.40. The molecule has 9 heteroatoms. The molecule has 0 heterocycles. The Labute approximate surface area is 122 Å². The smallest absolute Gasteiger partial charge is 0.446 e. The molecule has 5 nitrogen and oxygen atoms in total. The first kappa shape index (κ1) is 17.3. The number of hydrogen-bond acceptors (Lipinski definition) is 4. The molecule has 1 amide bonds. The van der Waals surface area contributed by atoms with E-state index in [4.69, 9.17) is 5.11 Å². The Kier molecular flexibility index (Phi) is 5.24. The number of amides is 1. The summed E-state index contributed by atoms with van der Waals surface area (Å²) >= 11 is -0.307. The van der Waals surface area contributed by atoms with Gasteiger partial charge in [0.2, 0.25) is 0 Å². The van der Waals surface area contributed by atoms with Crippen LogP contribution in [0.2, 0.25) is 0 Å². The van der Waals surface area contributed by atoms with Crippen LogP contribution in [0.3, 0.4) is 0 Å². The molecule has 0 aliphatic carbocycles. The highest BCUT2D eigenvalue weighted by atomic mass is 32.2. The van der Waals surface area contributed by atoms with Crippen LogP contribution in [0.4, 0.5) is 13.2 Å². The molecular formula is C12H12F3NO4S. The minimum atomic E-state index is -4.41. The van der Waals surface area contributed by atoms with Gasteiger partial charge in [-0.1, -0.05) is 0 Å². The normalized spacial score (nSPS) is 14.3. The molecule has 0 spiro atoms. The maximum Gasteiger partial charge on any atom is 0.446 e. The molecule has 116 valence electrons. The SMILES string of the molecule is CC(O)(CNC(=O)c1ccc(SC(F)(F)F)cc1)C(=O)O. The monoisotopic (exact) mass is 323 g/mol. The third kappa shape index (κ3) is 5.64. The first-order valence-corrected chi connectivity index (χ1v) is 6.43. The molecule has 1 atom stereocenters. The van der Waals surface area contributed by atoms with Gasteiger partial charge in [0.25, 0.3) is 5.91 Å². The Morgan fingerprint density at radius 1 is 1.24 bits per heavy atom. The van der Waals surface area contributed by atoms with E-state index in [-0.39, 0.29) is 22.2 Å². The van der Waals surface area contributed by atoms with Crippen molar-refractivity contribution in [3.8, 4) is 0 Å². The molecule has 1 aromatic carbocycles. The number of aliphatic hydroxyl groups is 1. The lowest BCUT2D eigenvalue weighted by atomic mass is 10.1. The summed E-state index contributed by atoms with van der Waals surface area (Å²) in [7, 11) is 0. The van der Waals surface area contributed by atoms with Crippen molar-refractivity contribution in [2.24, 2.45) is 0 Å². The second-order valence-electron chi connectivity index (χ2n) is 4.33. The number of hydrogen-bond donors (Lipinski definition) is 3. The number of carboxylic acid groups (broad SMARTS) is 1. The van der Waals surface area contributed by atoms with Gasteiger partial charge in [-0.15, -0.1) is 0 Å². The molecule has 21 heavy (non-hydrogen) atoms. The zero-order valence-electron chi connectivity index (χ0n) is 10.8. The summed E-state index contributed by atoms with van der Waals surface area (Å²) in [5, 5.41) is 20.3. The summed E-state index contributed by atoms with van der Waals surface area (Å²) in [5.41, 5.74) is -6.48. The Morgan fingerprint density at radius 3 is 2.19 bits per heavy atom. The Bertz CT molecular complexity index is 528. The zero-order valence-corrected chi connectivity index (χ0v) is 11.6. The average molecular weight is 323 g/mol. The van der Waals surface area contributed by atoms with Crippen LogP contribution in [0.15, 0.2) is 29.2 Å². The third-order valence-corrected chi connectivity index (χ3v) is 3.14.